The molecule has 0 spiro atoms. The lowest BCUT2D eigenvalue weighted by molar-refractivity contribution is 0.569. The van der Waals surface area contributed by atoms with E-state index in [1.165, 1.54) is 0 Å². The molecule has 0 N–H and O–H groups in total. The molecule has 4 heteroatoms. The Labute approximate surface area is 147 Å². The van der Waals surface area contributed by atoms with Gasteiger partial charge in [-0.05, 0) is 48.4 Å². The third-order valence-corrected chi connectivity index (χ3v) is 4.19. The smallest absolute Gasteiger partial charge is 0.129 e. The number of hydrogen-bond donors (Lipinski definition) is 0. The Morgan fingerprint density at radius 2 is 1.54 bits per heavy atom. The van der Waals surface area contributed by atoms with Crippen LogP contribution in [-0.2, 0) is 5.41 Å². The molecule has 0 bridgehead atoms. The lowest BCUT2D eigenvalue weighted by Crippen LogP contribution is -2.13. The van der Waals surface area contributed by atoms with E-state index < -0.39 is 0 Å². The van der Waals surface area contributed by atoms with E-state index in [-0.39, 0.29) is 5.41 Å². The monoisotopic (exact) mass is 337 g/mol. The Kier molecular flexibility index (Phi) is 4.37. The van der Waals surface area contributed by atoms with E-state index in [0.717, 1.165) is 33.6 Å². The zero-order chi connectivity index (χ0) is 17.3. The van der Waals surface area contributed by atoms with Crippen molar-refractivity contribution in [1.82, 2.24) is 15.0 Å². The summed E-state index contributed by atoms with van der Waals surface area (Å²) in [7, 11) is 0. The second-order valence-electron chi connectivity index (χ2n) is 6.90. The number of nitrogens with zero attached hydrogens (tertiary/aromatic N) is 3. The van der Waals surface area contributed by atoms with Crippen molar-refractivity contribution in [2.45, 2.75) is 33.1 Å². The second kappa shape index (κ2) is 6.33. The zero-order valence-electron chi connectivity index (χ0n) is 14.3. The number of hydrogen-bond acceptors (Lipinski definition) is 3. The highest BCUT2D eigenvalue weighted by Crippen LogP contribution is 2.30. The minimum atomic E-state index is 0.00951. The van der Waals surface area contributed by atoms with Crippen molar-refractivity contribution in [3.63, 3.8) is 0 Å². The summed E-state index contributed by atoms with van der Waals surface area (Å²) in [4.78, 5) is 13.1. The Morgan fingerprint density at radius 1 is 0.833 bits per heavy atom. The van der Waals surface area contributed by atoms with Crippen LogP contribution < -0.4 is 0 Å². The molecular formula is C20H20ClN3. The highest BCUT2D eigenvalue weighted by atomic mass is 35.5. The first-order chi connectivity index (χ1) is 11.3. The molecule has 3 aromatic rings. The first-order valence-corrected chi connectivity index (χ1v) is 8.28. The SMILES string of the molecule is Cc1ncc(-c2ccnc(C(C)(C)C)c2)cc1-c1ccnc(Cl)c1. The summed E-state index contributed by atoms with van der Waals surface area (Å²) in [5.74, 6) is 0. The molecule has 0 aromatic carbocycles. The summed E-state index contributed by atoms with van der Waals surface area (Å²) in [6, 6.07) is 10.1. The van der Waals surface area contributed by atoms with E-state index in [9.17, 15) is 0 Å². The van der Waals surface area contributed by atoms with Gasteiger partial charge in [0.05, 0.1) is 0 Å². The van der Waals surface area contributed by atoms with Crippen LogP contribution in [0.2, 0.25) is 5.15 Å². The largest absolute Gasteiger partial charge is 0.261 e. The summed E-state index contributed by atoms with van der Waals surface area (Å²) < 4.78 is 0. The van der Waals surface area contributed by atoms with Gasteiger partial charge in [-0.15, -0.1) is 0 Å². The van der Waals surface area contributed by atoms with Crippen LogP contribution >= 0.6 is 11.6 Å². The fraction of sp³-hybridized carbons (Fsp3) is 0.250. The minimum absolute atomic E-state index is 0.00951. The molecule has 0 fully saturated rings. The first-order valence-electron chi connectivity index (χ1n) is 7.90. The maximum Gasteiger partial charge on any atom is 0.129 e. The number of aromatic nitrogens is 3. The lowest BCUT2D eigenvalue weighted by Gasteiger charge is -2.18. The van der Waals surface area contributed by atoms with Gasteiger partial charge in [-0.3, -0.25) is 9.97 Å². The van der Waals surface area contributed by atoms with Gasteiger partial charge in [0, 0.05) is 46.5 Å². The van der Waals surface area contributed by atoms with Crippen LogP contribution in [0.25, 0.3) is 22.3 Å². The standard InChI is InChI=1S/C20H20ClN3/c1-13-17(15-6-8-23-19(21)11-15)9-16(12-24-13)14-5-7-22-18(10-14)20(2,3)4/h5-12H,1-4H3. The molecule has 0 amide bonds. The molecular weight excluding hydrogens is 318 g/mol. The fourth-order valence-electron chi connectivity index (χ4n) is 2.57. The Morgan fingerprint density at radius 3 is 2.25 bits per heavy atom. The molecule has 0 unspecified atom stereocenters. The number of pyridine rings is 3. The molecule has 0 aliphatic rings. The molecule has 122 valence electrons. The average molecular weight is 338 g/mol. The topological polar surface area (TPSA) is 38.7 Å². The second-order valence-corrected chi connectivity index (χ2v) is 7.29. The van der Waals surface area contributed by atoms with Gasteiger partial charge in [0.2, 0.25) is 0 Å². The predicted octanol–water partition coefficient (Wildman–Crippen LogP) is 5.46. The molecule has 0 saturated heterocycles. The third kappa shape index (κ3) is 3.46. The summed E-state index contributed by atoms with van der Waals surface area (Å²) in [6.07, 6.45) is 5.48. The molecule has 3 nitrogen and oxygen atoms in total. The van der Waals surface area contributed by atoms with Gasteiger partial charge >= 0.3 is 0 Å². The quantitative estimate of drug-likeness (QED) is 0.582. The number of halogens is 1. The highest BCUT2D eigenvalue weighted by molar-refractivity contribution is 6.29. The van der Waals surface area contributed by atoms with Crippen LogP contribution in [0, 0.1) is 6.92 Å². The molecule has 3 rings (SSSR count). The maximum atomic E-state index is 6.04. The number of rotatable bonds is 2. The van der Waals surface area contributed by atoms with Crippen LogP contribution in [-0.4, -0.2) is 15.0 Å². The van der Waals surface area contributed by atoms with E-state index in [2.05, 4.69) is 47.9 Å². The molecule has 0 aliphatic carbocycles. The summed E-state index contributed by atoms with van der Waals surface area (Å²) >= 11 is 6.04. The third-order valence-electron chi connectivity index (χ3n) is 3.99. The van der Waals surface area contributed by atoms with Gasteiger partial charge in [-0.25, -0.2) is 4.98 Å². The van der Waals surface area contributed by atoms with Crippen molar-refractivity contribution in [2.24, 2.45) is 0 Å². The van der Waals surface area contributed by atoms with Gasteiger partial charge in [0.25, 0.3) is 0 Å². The molecule has 3 heterocycles. The van der Waals surface area contributed by atoms with Crippen LogP contribution in [0.3, 0.4) is 0 Å². The molecule has 0 aliphatic heterocycles. The summed E-state index contributed by atoms with van der Waals surface area (Å²) in [6.45, 7) is 8.49. The molecule has 0 atom stereocenters. The van der Waals surface area contributed by atoms with Crippen molar-refractivity contribution in [3.05, 3.63) is 65.5 Å². The zero-order valence-corrected chi connectivity index (χ0v) is 15.1. The Bertz CT molecular complexity index is 882. The van der Waals surface area contributed by atoms with Crippen molar-refractivity contribution in [1.29, 1.82) is 0 Å². The van der Waals surface area contributed by atoms with Crippen LogP contribution in [0.1, 0.15) is 32.2 Å². The van der Waals surface area contributed by atoms with E-state index in [0.29, 0.717) is 5.15 Å². The van der Waals surface area contributed by atoms with Gasteiger partial charge in [-0.2, -0.15) is 0 Å². The first kappa shape index (κ1) is 16.6. The van der Waals surface area contributed by atoms with E-state index in [1.807, 2.05) is 37.5 Å². The van der Waals surface area contributed by atoms with E-state index in [4.69, 9.17) is 11.6 Å². The minimum Gasteiger partial charge on any atom is -0.261 e. The number of aryl methyl sites for hydroxylation is 1. The van der Waals surface area contributed by atoms with E-state index >= 15 is 0 Å². The van der Waals surface area contributed by atoms with Gasteiger partial charge < -0.3 is 0 Å². The van der Waals surface area contributed by atoms with Gasteiger partial charge in [0.15, 0.2) is 0 Å². The molecule has 0 saturated carbocycles. The lowest BCUT2D eigenvalue weighted by atomic mass is 9.90. The molecule has 24 heavy (non-hydrogen) atoms. The fourth-order valence-corrected chi connectivity index (χ4v) is 2.75. The Hall–Kier alpha value is -2.26. The molecule has 0 radical (unpaired) electrons. The van der Waals surface area contributed by atoms with Gasteiger partial charge in [0.1, 0.15) is 5.15 Å². The van der Waals surface area contributed by atoms with Crippen LogP contribution in [0.5, 0.6) is 0 Å². The average Bonchev–Trinajstić information content (AvgIpc) is 2.54. The van der Waals surface area contributed by atoms with Gasteiger partial charge in [-0.1, -0.05) is 32.4 Å². The summed E-state index contributed by atoms with van der Waals surface area (Å²) in [5.41, 5.74) is 6.30. The highest BCUT2D eigenvalue weighted by Gasteiger charge is 2.16. The van der Waals surface area contributed by atoms with E-state index in [1.54, 1.807) is 6.20 Å². The predicted molar refractivity (Wildman–Crippen MR) is 99.1 cm³/mol. The van der Waals surface area contributed by atoms with Crippen LogP contribution in [0.4, 0.5) is 0 Å². The maximum absolute atomic E-state index is 6.04. The summed E-state index contributed by atoms with van der Waals surface area (Å²) in [5, 5.41) is 0.483. The Balaban J connectivity index is 2.09. The van der Waals surface area contributed by atoms with Crippen molar-refractivity contribution < 1.29 is 0 Å². The molecule has 3 aromatic heterocycles. The van der Waals surface area contributed by atoms with Crippen molar-refractivity contribution in [2.75, 3.05) is 0 Å². The van der Waals surface area contributed by atoms with Crippen molar-refractivity contribution in [3.8, 4) is 22.3 Å². The normalized spacial score (nSPS) is 11.5. The van der Waals surface area contributed by atoms with Crippen molar-refractivity contribution >= 4 is 11.6 Å². The van der Waals surface area contributed by atoms with Crippen LogP contribution in [0.15, 0.2) is 48.9 Å².